The van der Waals surface area contributed by atoms with Crippen molar-refractivity contribution in [2.45, 2.75) is 25.4 Å². The summed E-state index contributed by atoms with van der Waals surface area (Å²) in [5.41, 5.74) is 2.04. The third-order valence-corrected chi connectivity index (χ3v) is 5.13. The molecular formula is C22H27N2O2+. The van der Waals surface area contributed by atoms with E-state index in [4.69, 9.17) is 10.00 Å². The number of nitrogens with one attached hydrogen (secondary N) is 1. The van der Waals surface area contributed by atoms with Crippen molar-refractivity contribution in [3.05, 3.63) is 65.7 Å². The number of hydrogen-bond acceptors (Lipinski definition) is 3. The van der Waals surface area contributed by atoms with E-state index in [1.165, 1.54) is 29.7 Å². The maximum absolute atomic E-state index is 10.3. The second kappa shape index (κ2) is 9.38. The van der Waals surface area contributed by atoms with E-state index in [2.05, 4.69) is 36.4 Å². The molecule has 0 unspecified atom stereocenters. The number of piperidine rings is 1. The lowest BCUT2D eigenvalue weighted by atomic mass is 9.90. The highest BCUT2D eigenvalue weighted by molar-refractivity contribution is 5.34. The molecule has 4 heteroatoms. The summed E-state index contributed by atoms with van der Waals surface area (Å²) in [6, 6.07) is 19.8. The number of quaternary nitrogens is 1. The van der Waals surface area contributed by atoms with E-state index in [1.807, 2.05) is 0 Å². The van der Waals surface area contributed by atoms with E-state index in [-0.39, 0.29) is 0 Å². The van der Waals surface area contributed by atoms with Crippen molar-refractivity contribution < 1.29 is 14.7 Å². The molecule has 3 rings (SSSR count). The number of ether oxygens (including phenoxy) is 1. The quantitative estimate of drug-likeness (QED) is 0.800. The molecular weight excluding hydrogens is 324 g/mol. The van der Waals surface area contributed by atoms with Crippen molar-refractivity contribution in [3.63, 3.8) is 0 Å². The molecule has 1 fully saturated rings. The monoisotopic (exact) mass is 351 g/mol. The summed E-state index contributed by atoms with van der Waals surface area (Å²) < 4.78 is 5.64. The molecule has 0 saturated carbocycles. The molecule has 0 bridgehead atoms. The highest BCUT2D eigenvalue weighted by Crippen LogP contribution is 2.16. The van der Waals surface area contributed by atoms with E-state index in [9.17, 15) is 5.11 Å². The summed E-state index contributed by atoms with van der Waals surface area (Å²) in [7, 11) is 0. The molecule has 2 N–H and O–H groups in total. The highest BCUT2D eigenvalue weighted by atomic mass is 16.5. The zero-order valence-electron chi connectivity index (χ0n) is 15.1. The van der Waals surface area contributed by atoms with Crippen LogP contribution in [-0.4, -0.2) is 37.5 Å². The van der Waals surface area contributed by atoms with Crippen LogP contribution in [0.25, 0.3) is 0 Å². The minimum absolute atomic E-state index is 0.294. The van der Waals surface area contributed by atoms with Gasteiger partial charge in [0.25, 0.3) is 0 Å². The Morgan fingerprint density at radius 2 is 1.77 bits per heavy atom. The van der Waals surface area contributed by atoms with Gasteiger partial charge in [0, 0.05) is 0 Å². The molecule has 136 valence electrons. The Kier molecular flexibility index (Phi) is 6.65. The first kappa shape index (κ1) is 18.4. The number of nitriles is 1. The summed E-state index contributed by atoms with van der Waals surface area (Å²) in [6.45, 7) is 3.26. The van der Waals surface area contributed by atoms with Crippen LogP contribution in [0.2, 0.25) is 0 Å². The second-order valence-electron chi connectivity index (χ2n) is 7.19. The predicted molar refractivity (Wildman–Crippen MR) is 101 cm³/mol. The Bertz CT molecular complexity index is 701. The topological polar surface area (TPSA) is 57.7 Å². The highest BCUT2D eigenvalue weighted by Gasteiger charge is 2.24. The maximum atomic E-state index is 10.3. The van der Waals surface area contributed by atoms with Gasteiger partial charge in [0.15, 0.2) is 0 Å². The molecule has 0 amide bonds. The van der Waals surface area contributed by atoms with Crippen molar-refractivity contribution in [2.75, 3.05) is 26.2 Å². The van der Waals surface area contributed by atoms with E-state index >= 15 is 0 Å². The molecule has 0 aromatic heterocycles. The SMILES string of the molecule is N#Cc1ccc(OC[C@H](O)C[NH+]2CCC(Cc3ccccc3)CC2)cc1. The number of likely N-dealkylation sites (tertiary alicyclic amines) is 1. The average Bonchev–Trinajstić information content (AvgIpc) is 2.69. The fourth-order valence-electron chi connectivity index (χ4n) is 3.65. The van der Waals surface area contributed by atoms with Gasteiger partial charge in [-0.3, -0.25) is 0 Å². The van der Waals surface area contributed by atoms with Crippen LogP contribution in [0.4, 0.5) is 0 Å². The standard InChI is InChI=1S/C22H26N2O2/c23-15-20-6-8-22(9-7-20)26-17-21(25)16-24-12-10-19(11-13-24)14-18-4-2-1-3-5-18/h1-9,19,21,25H,10-14,16-17H2/p+1/t21-/m1/s1. The molecule has 1 heterocycles. The van der Waals surface area contributed by atoms with Crippen LogP contribution in [0, 0.1) is 17.2 Å². The minimum atomic E-state index is -0.466. The third-order valence-electron chi connectivity index (χ3n) is 5.13. The molecule has 1 saturated heterocycles. The van der Waals surface area contributed by atoms with E-state index < -0.39 is 6.10 Å². The van der Waals surface area contributed by atoms with Crippen molar-refractivity contribution in [1.82, 2.24) is 0 Å². The molecule has 0 spiro atoms. The lowest BCUT2D eigenvalue weighted by Gasteiger charge is -2.30. The average molecular weight is 351 g/mol. The largest absolute Gasteiger partial charge is 0.491 e. The van der Waals surface area contributed by atoms with Crippen LogP contribution in [0.15, 0.2) is 54.6 Å². The third kappa shape index (κ3) is 5.59. The number of hydrogen-bond donors (Lipinski definition) is 2. The van der Waals surface area contributed by atoms with Gasteiger partial charge in [-0.05, 0) is 55.0 Å². The van der Waals surface area contributed by atoms with Gasteiger partial charge in [0.1, 0.15) is 25.0 Å². The van der Waals surface area contributed by atoms with Crippen molar-refractivity contribution in [1.29, 1.82) is 5.26 Å². The summed E-state index contributed by atoms with van der Waals surface area (Å²) in [4.78, 5) is 1.46. The molecule has 1 atom stereocenters. The van der Waals surface area contributed by atoms with Crippen LogP contribution in [0.1, 0.15) is 24.0 Å². The Morgan fingerprint density at radius 1 is 1.08 bits per heavy atom. The number of aliphatic hydroxyl groups is 1. The van der Waals surface area contributed by atoms with Crippen molar-refractivity contribution >= 4 is 0 Å². The first-order valence-electron chi connectivity index (χ1n) is 9.41. The van der Waals surface area contributed by atoms with E-state index in [1.54, 1.807) is 24.3 Å². The molecule has 2 aromatic carbocycles. The summed E-state index contributed by atoms with van der Waals surface area (Å²) in [5, 5.41) is 19.1. The first-order valence-corrected chi connectivity index (χ1v) is 9.41. The molecule has 0 aliphatic carbocycles. The van der Waals surface area contributed by atoms with Gasteiger partial charge in [-0.2, -0.15) is 5.26 Å². The van der Waals surface area contributed by atoms with Crippen LogP contribution in [0.3, 0.4) is 0 Å². The molecule has 1 aliphatic heterocycles. The van der Waals surface area contributed by atoms with Gasteiger partial charge in [-0.1, -0.05) is 30.3 Å². The summed E-state index contributed by atoms with van der Waals surface area (Å²) >= 11 is 0. The number of rotatable bonds is 7. The maximum Gasteiger partial charge on any atom is 0.137 e. The van der Waals surface area contributed by atoms with Crippen LogP contribution >= 0.6 is 0 Å². The predicted octanol–water partition coefficient (Wildman–Crippen LogP) is 1.84. The second-order valence-corrected chi connectivity index (χ2v) is 7.19. The van der Waals surface area contributed by atoms with Gasteiger partial charge in [-0.25, -0.2) is 0 Å². The van der Waals surface area contributed by atoms with Gasteiger partial charge >= 0.3 is 0 Å². The van der Waals surface area contributed by atoms with Gasteiger partial charge < -0.3 is 14.7 Å². The summed E-state index contributed by atoms with van der Waals surface area (Å²) in [6.07, 6.45) is 3.13. The van der Waals surface area contributed by atoms with Gasteiger partial charge in [-0.15, -0.1) is 0 Å². The van der Waals surface area contributed by atoms with E-state index in [0.717, 1.165) is 25.6 Å². The zero-order valence-corrected chi connectivity index (χ0v) is 15.1. The zero-order chi connectivity index (χ0) is 18.2. The Balaban J connectivity index is 1.36. The van der Waals surface area contributed by atoms with E-state index in [0.29, 0.717) is 17.9 Å². The van der Waals surface area contributed by atoms with Crippen LogP contribution in [-0.2, 0) is 6.42 Å². The summed E-state index contributed by atoms with van der Waals surface area (Å²) in [5.74, 6) is 1.45. The smallest absolute Gasteiger partial charge is 0.137 e. The van der Waals surface area contributed by atoms with Gasteiger partial charge in [0.05, 0.1) is 24.7 Å². The molecule has 4 nitrogen and oxygen atoms in total. The Morgan fingerprint density at radius 3 is 2.42 bits per heavy atom. The number of nitrogens with zero attached hydrogens (tertiary/aromatic N) is 1. The first-order chi connectivity index (χ1) is 12.7. The lowest BCUT2D eigenvalue weighted by Crippen LogP contribution is -3.14. The van der Waals surface area contributed by atoms with Crippen molar-refractivity contribution in [2.24, 2.45) is 5.92 Å². The Labute approximate surface area is 155 Å². The molecule has 0 radical (unpaired) electrons. The number of aliphatic hydroxyl groups excluding tert-OH is 1. The fraction of sp³-hybridized carbons (Fsp3) is 0.409. The van der Waals surface area contributed by atoms with Gasteiger partial charge in [0.2, 0.25) is 0 Å². The number of benzene rings is 2. The normalized spacial score (nSPS) is 20.9. The molecule has 2 aromatic rings. The van der Waals surface area contributed by atoms with Crippen LogP contribution in [0.5, 0.6) is 5.75 Å². The molecule has 1 aliphatic rings. The fourth-order valence-corrected chi connectivity index (χ4v) is 3.65. The minimum Gasteiger partial charge on any atom is -0.491 e. The molecule has 26 heavy (non-hydrogen) atoms. The Hall–Kier alpha value is -2.35. The van der Waals surface area contributed by atoms with Crippen LogP contribution < -0.4 is 9.64 Å². The van der Waals surface area contributed by atoms with Crippen molar-refractivity contribution in [3.8, 4) is 11.8 Å². The lowest BCUT2D eigenvalue weighted by molar-refractivity contribution is -0.909.